The Morgan fingerprint density at radius 2 is 1.67 bits per heavy atom. The van der Waals surface area contributed by atoms with Gasteiger partial charge in [0.25, 0.3) is 5.91 Å². The molecule has 2 aromatic carbocycles. The molecule has 1 saturated heterocycles. The first-order valence-corrected chi connectivity index (χ1v) is 10.2. The molecule has 4 rings (SSSR count). The number of carbonyl (C=O) groups is 2. The van der Waals surface area contributed by atoms with Crippen LogP contribution in [0.25, 0.3) is 10.9 Å². The maximum absolute atomic E-state index is 12.6. The molecule has 154 valence electrons. The van der Waals surface area contributed by atoms with Gasteiger partial charge in [0.2, 0.25) is 0 Å². The molecule has 0 spiro atoms. The number of rotatable bonds is 5. The molecule has 0 unspecified atom stereocenters. The lowest BCUT2D eigenvalue weighted by atomic mass is 10.1. The van der Waals surface area contributed by atoms with Gasteiger partial charge in [-0.3, -0.25) is 14.7 Å². The molecule has 3 aromatic rings. The molecule has 1 amide bonds. The molecule has 0 saturated carbocycles. The highest BCUT2D eigenvalue weighted by atomic mass is 16.5. The van der Waals surface area contributed by atoms with Crippen molar-refractivity contribution in [3.05, 3.63) is 77.5 Å². The van der Waals surface area contributed by atoms with Crippen LogP contribution < -0.4 is 0 Å². The second-order valence-corrected chi connectivity index (χ2v) is 7.55. The van der Waals surface area contributed by atoms with Gasteiger partial charge in [-0.2, -0.15) is 0 Å². The van der Waals surface area contributed by atoms with Crippen LogP contribution in [0, 0.1) is 6.92 Å². The van der Waals surface area contributed by atoms with Crippen LogP contribution in [-0.4, -0.2) is 59.4 Å². The SMILES string of the molecule is Cc1cc(C(=O)OCC(=O)N2CCN(Cc3ccccc3)CC2)c2ccccc2n1. The minimum Gasteiger partial charge on any atom is -0.452 e. The first-order valence-electron chi connectivity index (χ1n) is 10.2. The number of amides is 1. The number of hydrogen-bond donors (Lipinski definition) is 0. The van der Waals surface area contributed by atoms with Crippen molar-refractivity contribution in [3.63, 3.8) is 0 Å². The van der Waals surface area contributed by atoms with Crippen molar-refractivity contribution in [1.29, 1.82) is 0 Å². The molecule has 30 heavy (non-hydrogen) atoms. The van der Waals surface area contributed by atoms with Crippen molar-refractivity contribution in [2.45, 2.75) is 13.5 Å². The summed E-state index contributed by atoms with van der Waals surface area (Å²) >= 11 is 0. The molecule has 2 heterocycles. The first-order chi connectivity index (χ1) is 14.6. The normalized spacial score (nSPS) is 14.6. The minimum absolute atomic E-state index is 0.155. The van der Waals surface area contributed by atoms with Gasteiger partial charge < -0.3 is 9.64 Å². The molecule has 0 aliphatic carbocycles. The molecular formula is C24H25N3O3. The number of piperazine rings is 1. The number of aryl methyl sites for hydroxylation is 1. The predicted molar refractivity (Wildman–Crippen MR) is 115 cm³/mol. The Bertz CT molecular complexity index is 1040. The van der Waals surface area contributed by atoms with Crippen molar-refractivity contribution < 1.29 is 14.3 Å². The van der Waals surface area contributed by atoms with Crippen molar-refractivity contribution >= 4 is 22.8 Å². The summed E-state index contributed by atoms with van der Waals surface area (Å²) in [5, 5.41) is 0.732. The van der Waals surface area contributed by atoms with Gasteiger partial charge >= 0.3 is 5.97 Å². The molecule has 0 radical (unpaired) electrons. The van der Waals surface area contributed by atoms with Crippen LogP contribution in [0.4, 0.5) is 0 Å². The summed E-state index contributed by atoms with van der Waals surface area (Å²) in [7, 11) is 0. The van der Waals surface area contributed by atoms with E-state index in [-0.39, 0.29) is 12.5 Å². The smallest absolute Gasteiger partial charge is 0.339 e. The van der Waals surface area contributed by atoms with E-state index in [4.69, 9.17) is 4.74 Å². The average molecular weight is 403 g/mol. The standard InChI is InChI=1S/C24H25N3O3/c1-18-15-21(20-9-5-6-10-22(20)25-18)24(29)30-17-23(28)27-13-11-26(12-14-27)16-19-7-3-2-4-8-19/h2-10,15H,11-14,16-17H2,1H3. The fourth-order valence-electron chi connectivity index (χ4n) is 3.77. The van der Waals surface area contributed by atoms with E-state index < -0.39 is 5.97 Å². The highest BCUT2D eigenvalue weighted by Gasteiger charge is 2.23. The highest BCUT2D eigenvalue weighted by Crippen LogP contribution is 2.19. The molecule has 6 heteroatoms. The molecule has 6 nitrogen and oxygen atoms in total. The van der Waals surface area contributed by atoms with Crippen molar-refractivity contribution in [1.82, 2.24) is 14.8 Å². The third-order valence-corrected chi connectivity index (χ3v) is 5.36. The van der Waals surface area contributed by atoms with Crippen LogP contribution in [0.3, 0.4) is 0 Å². The summed E-state index contributed by atoms with van der Waals surface area (Å²) in [4.78, 5) is 33.7. The molecule has 1 aliphatic heterocycles. The minimum atomic E-state index is -0.493. The lowest BCUT2D eigenvalue weighted by molar-refractivity contribution is -0.136. The van der Waals surface area contributed by atoms with Crippen LogP contribution in [0.1, 0.15) is 21.6 Å². The van der Waals surface area contributed by atoms with Crippen molar-refractivity contribution in [3.8, 4) is 0 Å². The zero-order valence-corrected chi connectivity index (χ0v) is 17.1. The maximum atomic E-state index is 12.6. The second-order valence-electron chi connectivity index (χ2n) is 7.55. The number of fused-ring (bicyclic) bond motifs is 1. The average Bonchev–Trinajstić information content (AvgIpc) is 2.78. The molecule has 0 bridgehead atoms. The van der Waals surface area contributed by atoms with Gasteiger partial charge in [0.1, 0.15) is 0 Å². The third-order valence-electron chi connectivity index (χ3n) is 5.36. The number of hydrogen-bond acceptors (Lipinski definition) is 5. The Morgan fingerprint density at radius 3 is 2.43 bits per heavy atom. The van der Waals surface area contributed by atoms with Gasteiger partial charge in [0, 0.05) is 43.8 Å². The van der Waals surface area contributed by atoms with E-state index in [1.807, 2.05) is 49.4 Å². The fourth-order valence-corrected chi connectivity index (χ4v) is 3.77. The van der Waals surface area contributed by atoms with Crippen LogP contribution in [0.5, 0.6) is 0 Å². The second kappa shape index (κ2) is 9.05. The number of ether oxygens (including phenoxy) is 1. The summed E-state index contributed by atoms with van der Waals surface area (Å²) in [5.74, 6) is -0.648. The molecule has 0 atom stereocenters. The van der Waals surface area contributed by atoms with Crippen LogP contribution in [-0.2, 0) is 16.1 Å². The van der Waals surface area contributed by atoms with E-state index in [2.05, 4.69) is 22.0 Å². The Balaban J connectivity index is 1.31. The van der Waals surface area contributed by atoms with Gasteiger partial charge in [-0.1, -0.05) is 48.5 Å². The van der Waals surface area contributed by atoms with Gasteiger partial charge in [0.05, 0.1) is 11.1 Å². The number of carbonyl (C=O) groups excluding carboxylic acids is 2. The number of esters is 1. The van der Waals surface area contributed by atoms with E-state index in [1.165, 1.54) is 5.56 Å². The molecule has 1 aromatic heterocycles. The van der Waals surface area contributed by atoms with Gasteiger partial charge in [-0.25, -0.2) is 4.79 Å². The van der Waals surface area contributed by atoms with Crippen molar-refractivity contribution in [2.75, 3.05) is 32.8 Å². The first kappa shape index (κ1) is 20.0. The summed E-state index contributed by atoms with van der Waals surface area (Å²) in [5.41, 5.74) is 3.19. The maximum Gasteiger partial charge on any atom is 0.339 e. The zero-order chi connectivity index (χ0) is 20.9. The largest absolute Gasteiger partial charge is 0.452 e. The van der Waals surface area contributed by atoms with E-state index in [0.717, 1.165) is 36.2 Å². The Labute approximate surface area is 176 Å². The number of para-hydroxylation sites is 1. The van der Waals surface area contributed by atoms with Gasteiger partial charge in [0.15, 0.2) is 6.61 Å². The fraction of sp³-hybridized carbons (Fsp3) is 0.292. The van der Waals surface area contributed by atoms with Crippen LogP contribution in [0.2, 0.25) is 0 Å². The number of aromatic nitrogens is 1. The number of benzene rings is 2. The molecule has 1 fully saturated rings. The van der Waals surface area contributed by atoms with Crippen molar-refractivity contribution in [2.24, 2.45) is 0 Å². The molecule has 1 aliphatic rings. The summed E-state index contributed by atoms with van der Waals surface area (Å²) in [6.07, 6.45) is 0. The van der Waals surface area contributed by atoms with E-state index >= 15 is 0 Å². The van der Waals surface area contributed by atoms with E-state index in [9.17, 15) is 9.59 Å². The quantitative estimate of drug-likeness (QED) is 0.613. The van der Waals surface area contributed by atoms with Crippen LogP contribution >= 0.6 is 0 Å². The lowest BCUT2D eigenvalue weighted by Gasteiger charge is -2.34. The Kier molecular flexibility index (Phi) is 6.05. The van der Waals surface area contributed by atoms with Gasteiger partial charge in [-0.05, 0) is 24.6 Å². The van der Waals surface area contributed by atoms with E-state index in [0.29, 0.717) is 18.7 Å². The van der Waals surface area contributed by atoms with Crippen LogP contribution in [0.15, 0.2) is 60.7 Å². The molecule has 0 N–H and O–H groups in total. The summed E-state index contributed by atoms with van der Waals surface area (Å²) in [6, 6.07) is 19.5. The Morgan fingerprint density at radius 1 is 0.967 bits per heavy atom. The number of pyridine rings is 1. The topological polar surface area (TPSA) is 62.7 Å². The van der Waals surface area contributed by atoms with E-state index in [1.54, 1.807) is 11.0 Å². The monoisotopic (exact) mass is 403 g/mol. The summed E-state index contributed by atoms with van der Waals surface area (Å²) < 4.78 is 5.36. The summed E-state index contributed by atoms with van der Waals surface area (Å²) in [6.45, 7) is 5.37. The molecular weight excluding hydrogens is 378 g/mol. The highest BCUT2D eigenvalue weighted by molar-refractivity contribution is 6.04. The lowest BCUT2D eigenvalue weighted by Crippen LogP contribution is -2.49. The number of nitrogens with zero attached hydrogens (tertiary/aromatic N) is 3. The Hall–Kier alpha value is -3.25. The van der Waals surface area contributed by atoms with Gasteiger partial charge in [-0.15, -0.1) is 0 Å². The predicted octanol–water partition coefficient (Wildman–Crippen LogP) is 3.04. The zero-order valence-electron chi connectivity index (χ0n) is 17.1. The third kappa shape index (κ3) is 4.66.